The van der Waals surface area contributed by atoms with E-state index >= 15 is 0 Å². The summed E-state index contributed by atoms with van der Waals surface area (Å²) in [6, 6.07) is 8.73. The zero-order valence-corrected chi connectivity index (χ0v) is 24.6. The largest absolute Gasteiger partial charge is 0.339 e. The number of piperidine rings is 2. The van der Waals surface area contributed by atoms with E-state index in [1.165, 1.54) is 45.2 Å². The lowest BCUT2D eigenvalue weighted by molar-refractivity contribution is 0.103. The quantitative estimate of drug-likeness (QED) is 0.251. The Bertz CT molecular complexity index is 1330. The zero-order valence-electron chi connectivity index (χ0n) is 24.6. The predicted molar refractivity (Wildman–Crippen MR) is 158 cm³/mol. The molecule has 4 heterocycles. The first-order valence-electron chi connectivity index (χ1n) is 16.3. The van der Waals surface area contributed by atoms with Gasteiger partial charge in [0.05, 0.1) is 0 Å². The van der Waals surface area contributed by atoms with Crippen LogP contribution in [0.2, 0.25) is 0 Å². The molecule has 2 amide bonds. The zero-order chi connectivity index (χ0) is 28.3. The highest BCUT2D eigenvalue weighted by Crippen LogP contribution is 2.39. The van der Waals surface area contributed by atoms with Crippen molar-refractivity contribution in [1.29, 1.82) is 0 Å². The Hall–Kier alpha value is -3.27. The summed E-state index contributed by atoms with van der Waals surface area (Å²) in [7, 11) is 0. The standard InChI is InChI=1S/C32H43N7O3/c40-32(38-20-15-26(16-21-38)37-17-4-2-5-18-37)39(19-6-1-3-10-28-33-29(35-41-28)23-11-12-23)27-9-7-8-25(22-27)31-34-30(36-42-31)24-13-14-24/h7-9,22-24,26H,1-6,10-21H2. The SMILES string of the molecule is O=C(N1CCC(N2CCCCC2)CC1)N(CCCCCc1nc(C2CC2)no1)c1cccc(-c2nc(C3CC3)no2)c1. The highest BCUT2D eigenvalue weighted by Gasteiger charge is 2.32. The van der Waals surface area contributed by atoms with Crippen molar-refractivity contribution in [3.05, 3.63) is 41.8 Å². The van der Waals surface area contributed by atoms with Crippen molar-refractivity contribution in [2.45, 2.75) is 101 Å². The minimum absolute atomic E-state index is 0.0967. The van der Waals surface area contributed by atoms with Crippen LogP contribution in [0.5, 0.6) is 0 Å². The molecule has 4 fully saturated rings. The molecule has 2 aromatic heterocycles. The molecule has 3 aromatic rings. The molecule has 2 saturated carbocycles. The molecule has 0 N–H and O–H groups in total. The number of likely N-dealkylation sites (tertiary alicyclic amines) is 2. The molecular weight excluding hydrogens is 530 g/mol. The summed E-state index contributed by atoms with van der Waals surface area (Å²) < 4.78 is 11.1. The number of hydrogen-bond acceptors (Lipinski definition) is 8. The maximum absolute atomic E-state index is 14.0. The highest BCUT2D eigenvalue weighted by atomic mass is 16.5. The van der Waals surface area contributed by atoms with Gasteiger partial charge in [0.15, 0.2) is 11.6 Å². The van der Waals surface area contributed by atoms with Crippen LogP contribution in [0.3, 0.4) is 0 Å². The minimum atomic E-state index is 0.0967. The molecule has 0 bridgehead atoms. The second-order valence-electron chi connectivity index (χ2n) is 12.7. The van der Waals surface area contributed by atoms with Crippen molar-refractivity contribution in [3.63, 3.8) is 0 Å². The molecule has 4 aliphatic rings. The van der Waals surface area contributed by atoms with Crippen LogP contribution in [0.25, 0.3) is 11.5 Å². The van der Waals surface area contributed by atoms with Gasteiger partial charge in [-0.2, -0.15) is 9.97 Å². The second-order valence-corrected chi connectivity index (χ2v) is 12.7. The summed E-state index contributed by atoms with van der Waals surface area (Å²) in [6.45, 7) is 4.70. The van der Waals surface area contributed by atoms with E-state index in [2.05, 4.69) is 30.1 Å². The number of aromatic nitrogens is 4. The summed E-state index contributed by atoms with van der Waals surface area (Å²) in [5, 5.41) is 8.33. The van der Waals surface area contributed by atoms with Gasteiger partial charge in [-0.15, -0.1) is 0 Å². The van der Waals surface area contributed by atoms with Gasteiger partial charge in [-0.25, -0.2) is 4.79 Å². The molecule has 42 heavy (non-hydrogen) atoms. The van der Waals surface area contributed by atoms with E-state index < -0.39 is 0 Å². The van der Waals surface area contributed by atoms with E-state index in [0.717, 1.165) is 93.2 Å². The molecule has 0 unspecified atom stereocenters. The van der Waals surface area contributed by atoms with Crippen molar-refractivity contribution >= 4 is 11.7 Å². The van der Waals surface area contributed by atoms with Crippen molar-refractivity contribution < 1.29 is 13.8 Å². The number of anilines is 1. The molecule has 1 aromatic carbocycles. The van der Waals surface area contributed by atoms with Crippen LogP contribution >= 0.6 is 0 Å². The Kier molecular flexibility index (Phi) is 8.22. The summed E-state index contributed by atoms with van der Waals surface area (Å²) in [6.07, 6.45) is 14.3. The molecule has 10 heteroatoms. The van der Waals surface area contributed by atoms with Gasteiger partial charge in [-0.05, 0) is 95.5 Å². The number of carbonyl (C=O) groups excluding carboxylic acids is 1. The van der Waals surface area contributed by atoms with E-state index in [9.17, 15) is 4.79 Å². The van der Waals surface area contributed by atoms with Gasteiger partial charge in [0.1, 0.15) is 0 Å². The van der Waals surface area contributed by atoms with Gasteiger partial charge < -0.3 is 18.8 Å². The molecule has 224 valence electrons. The first-order chi connectivity index (χ1) is 20.7. The lowest BCUT2D eigenvalue weighted by Crippen LogP contribution is -2.51. The summed E-state index contributed by atoms with van der Waals surface area (Å²) in [5.41, 5.74) is 1.74. The molecule has 0 spiro atoms. The highest BCUT2D eigenvalue weighted by molar-refractivity contribution is 5.92. The number of carbonyl (C=O) groups is 1. The average molecular weight is 574 g/mol. The van der Waals surface area contributed by atoms with Crippen molar-refractivity contribution in [1.82, 2.24) is 30.1 Å². The van der Waals surface area contributed by atoms with E-state index in [-0.39, 0.29) is 6.03 Å². The Morgan fingerprint density at radius 1 is 0.833 bits per heavy atom. The molecule has 2 saturated heterocycles. The fourth-order valence-corrected chi connectivity index (χ4v) is 6.48. The topological polar surface area (TPSA) is 105 Å². The third-order valence-corrected chi connectivity index (χ3v) is 9.36. The third kappa shape index (κ3) is 6.53. The molecule has 7 rings (SSSR count). The average Bonchev–Trinajstić information content (AvgIpc) is 3.98. The Morgan fingerprint density at radius 2 is 1.57 bits per heavy atom. The van der Waals surface area contributed by atoms with Crippen LogP contribution in [0.15, 0.2) is 33.3 Å². The van der Waals surface area contributed by atoms with Crippen LogP contribution in [0.4, 0.5) is 10.5 Å². The maximum atomic E-state index is 14.0. The van der Waals surface area contributed by atoms with Gasteiger partial charge in [-0.3, -0.25) is 4.90 Å². The number of amides is 2. The van der Waals surface area contributed by atoms with Gasteiger partial charge in [-0.1, -0.05) is 29.2 Å². The van der Waals surface area contributed by atoms with Crippen LogP contribution in [-0.4, -0.2) is 74.9 Å². The molecular formula is C32H43N7O3. The van der Waals surface area contributed by atoms with Crippen LogP contribution in [0.1, 0.15) is 106 Å². The fraction of sp³-hybridized carbons (Fsp3) is 0.656. The maximum Gasteiger partial charge on any atom is 0.324 e. The summed E-state index contributed by atoms with van der Waals surface area (Å²) in [4.78, 5) is 29.9. The number of rotatable bonds is 11. The van der Waals surface area contributed by atoms with Gasteiger partial charge in [0.25, 0.3) is 5.89 Å². The van der Waals surface area contributed by atoms with Crippen molar-refractivity contribution in [3.8, 4) is 11.5 Å². The van der Waals surface area contributed by atoms with Crippen LogP contribution in [-0.2, 0) is 6.42 Å². The Labute approximate surface area is 247 Å². The monoisotopic (exact) mass is 573 g/mol. The van der Waals surface area contributed by atoms with Crippen LogP contribution in [0, 0.1) is 0 Å². The lowest BCUT2D eigenvalue weighted by atomic mass is 10.00. The summed E-state index contributed by atoms with van der Waals surface area (Å²) >= 11 is 0. The molecule has 2 aliphatic carbocycles. The molecule has 2 aliphatic heterocycles. The number of unbranched alkanes of at least 4 members (excludes halogenated alkanes) is 2. The van der Waals surface area contributed by atoms with Gasteiger partial charge >= 0.3 is 6.03 Å². The van der Waals surface area contributed by atoms with E-state index in [4.69, 9.17) is 9.05 Å². The van der Waals surface area contributed by atoms with Gasteiger partial charge in [0.2, 0.25) is 5.89 Å². The predicted octanol–water partition coefficient (Wildman–Crippen LogP) is 6.16. The number of hydrogen-bond donors (Lipinski definition) is 0. The number of benzene rings is 1. The number of urea groups is 1. The first kappa shape index (κ1) is 27.6. The lowest BCUT2D eigenvalue weighted by Gasteiger charge is -2.41. The molecule has 10 nitrogen and oxygen atoms in total. The van der Waals surface area contributed by atoms with E-state index in [1.54, 1.807) is 0 Å². The van der Waals surface area contributed by atoms with Crippen molar-refractivity contribution in [2.75, 3.05) is 37.6 Å². The number of aryl methyl sites for hydroxylation is 1. The summed E-state index contributed by atoms with van der Waals surface area (Å²) in [5.74, 6) is 3.87. The third-order valence-electron chi connectivity index (χ3n) is 9.36. The molecule has 0 radical (unpaired) electrons. The second kappa shape index (κ2) is 12.5. The normalized spacial score (nSPS) is 20.2. The van der Waals surface area contributed by atoms with Gasteiger partial charge in [0, 0.05) is 55.2 Å². The van der Waals surface area contributed by atoms with E-state index in [1.807, 2.05) is 29.2 Å². The minimum Gasteiger partial charge on any atom is -0.339 e. The Morgan fingerprint density at radius 3 is 2.33 bits per heavy atom. The Balaban J connectivity index is 1.00. The van der Waals surface area contributed by atoms with Crippen LogP contribution < -0.4 is 4.90 Å². The smallest absolute Gasteiger partial charge is 0.324 e. The van der Waals surface area contributed by atoms with Crippen molar-refractivity contribution in [2.24, 2.45) is 0 Å². The molecule has 0 atom stereocenters. The van der Waals surface area contributed by atoms with E-state index in [0.29, 0.717) is 30.3 Å². The number of nitrogens with zero attached hydrogens (tertiary/aromatic N) is 7. The first-order valence-corrected chi connectivity index (χ1v) is 16.3. The fourth-order valence-electron chi connectivity index (χ4n) is 6.48.